The molecule has 19 heavy (non-hydrogen) atoms. The van der Waals surface area contributed by atoms with Crippen molar-refractivity contribution in [2.45, 2.75) is 52.3 Å². The van der Waals surface area contributed by atoms with E-state index in [9.17, 15) is 4.79 Å². The van der Waals surface area contributed by atoms with Gasteiger partial charge in [-0.05, 0) is 34.6 Å². The molecule has 6 nitrogen and oxygen atoms in total. The van der Waals surface area contributed by atoms with Crippen molar-refractivity contribution in [3.05, 3.63) is 11.3 Å². The average molecular weight is 266 g/mol. The second kappa shape index (κ2) is 4.15. The maximum atomic E-state index is 12.3. The van der Waals surface area contributed by atoms with Crippen LogP contribution in [-0.4, -0.2) is 33.8 Å². The van der Waals surface area contributed by atoms with Gasteiger partial charge in [0.05, 0.1) is 17.8 Å². The van der Waals surface area contributed by atoms with Gasteiger partial charge in [-0.3, -0.25) is 10.00 Å². The number of carbonyl (C=O) groups excluding carboxylic acids is 1. The molecule has 0 aliphatic carbocycles. The number of aromatic amines is 1. The third kappa shape index (κ3) is 2.27. The molecule has 0 aromatic carbocycles. The predicted octanol–water partition coefficient (Wildman–Crippen LogP) is 2.44. The number of anilines is 1. The quantitative estimate of drug-likeness (QED) is 0.819. The van der Waals surface area contributed by atoms with E-state index in [1.807, 2.05) is 41.7 Å². The summed E-state index contributed by atoms with van der Waals surface area (Å²) in [6.07, 6.45) is -0.302. The molecule has 6 heteroatoms. The molecule has 1 aromatic heterocycles. The number of nitrogens with one attached hydrogen (secondary N) is 2. The predicted molar refractivity (Wildman–Crippen MR) is 72.9 cm³/mol. The van der Waals surface area contributed by atoms with Gasteiger partial charge in [-0.2, -0.15) is 5.10 Å². The molecule has 1 aromatic rings. The van der Waals surface area contributed by atoms with Crippen molar-refractivity contribution < 1.29 is 9.53 Å². The van der Waals surface area contributed by atoms with E-state index < -0.39 is 11.1 Å². The normalized spacial score (nSPS) is 17.3. The highest BCUT2D eigenvalue weighted by atomic mass is 16.6. The van der Waals surface area contributed by atoms with Crippen molar-refractivity contribution >= 4 is 11.9 Å². The average Bonchev–Trinajstić information content (AvgIpc) is 2.75. The van der Waals surface area contributed by atoms with Crippen molar-refractivity contribution in [2.75, 3.05) is 12.4 Å². The van der Waals surface area contributed by atoms with Crippen LogP contribution in [0.15, 0.2) is 0 Å². The summed E-state index contributed by atoms with van der Waals surface area (Å²) in [5.41, 5.74) is 1.05. The van der Waals surface area contributed by atoms with E-state index >= 15 is 0 Å². The molecule has 0 saturated carbocycles. The summed E-state index contributed by atoms with van der Waals surface area (Å²) in [7, 11) is 1.82. The molecule has 1 amide bonds. The largest absolute Gasteiger partial charge is 0.444 e. The smallest absolute Gasteiger partial charge is 0.411 e. The van der Waals surface area contributed by atoms with Gasteiger partial charge in [0.25, 0.3) is 0 Å². The maximum Gasteiger partial charge on any atom is 0.411 e. The molecule has 2 rings (SSSR count). The zero-order chi connectivity index (χ0) is 14.4. The molecule has 0 bridgehead atoms. The first-order valence-corrected chi connectivity index (χ1v) is 6.43. The first-order chi connectivity index (χ1) is 8.66. The Morgan fingerprint density at radius 2 is 2.11 bits per heavy atom. The minimum Gasteiger partial charge on any atom is -0.444 e. The third-order valence-electron chi connectivity index (χ3n) is 3.32. The van der Waals surface area contributed by atoms with Crippen molar-refractivity contribution in [3.8, 4) is 0 Å². The van der Waals surface area contributed by atoms with Gasteiger partial charge in [0, 0.05) is 12.6 Å². The molecule has 106 valence electrons. The van der Waals surface area contributed by atoms with Crippen LogP contribution in [0.25, 0.3) is 0 Å². The van der Waals surface area contributed by atoms with E-state index in [0.29, 0.717) is 6.54 Å². The second-order valence-corrected chi connectivity index (χ2v) is 6.30. The van der Waals surface area contributed by atoms with Gasteiger partial charge < -0.3 is 10.1 Å². The summed E-state index contributed by atoms with van der Waals surface area (Å²) in [6.45, 7) is 10.1. The number of hydrogen-bond acceptors (Lipinski definition) is 4. The van der Waals surface area contributed by atoms with Crippen LogP contribution in [0.3, 0.4) is 0 Å². The van der Waals surface area contributed by atoms with E-state index in [1.54, 1.807) is 4.90 Å². The summed E-state index contributed by atoms with van der Waals surface area (Å²) in [5.74, 6) is 0.786. The number of amides is 1. The Morgan fingerprint density at radius 3 is 2.63 bits per heavy atom. The molecule has 0 fully saturated rings. The Hall–Kier alpha value is -1.72. The van der Waals surface area contributed by atoms with Crippen LogP contribution in [0.4, 0.5) is 10.6 Å². The fourth-order valence-electron chi connectivity index (χ4n) is 2.33. The van der Waals surface area contributed by atoms with Gasteiger partial charge in [0.2, 0.25) is 0 Å². The topological polar surface area (TPSA) is 70.2 Å². The lowest BCUT2D eigenvalue weighted by atomic mass is 10.0. The zero-order valence-corrected chi connectivity index (χ0v) is 12.4. The van der Waals surface area contributed by atoms with Gasteiger partial charge in [-0.1, -0.05) is 0 Å². The lowest BCUT2D eigenvalue weighted by Crippen LogP contribution is -2.43. The van der Waals surface area contributed by atoms with Gasteiger partial charge in [0.15, 0.2) is 5.82 Å². The van der Waals surface area contributed by atoms with Gasteiger partial charge in [0.1, 0.15) is 5.60 Å². The molecule has 1 aliphatic heterocycles. The maximum absolute atomic E-state index is 12.3. The molecular weight excluding hydrogens is 244 g/mol. The standard InChI is InChI=1S/C13H22N4O2/c1-12(2,3)19-11(18)17-7-8-9(13(17,4)5)15-16-10(8)14-6/h7H2,1-6H3,(H2,14,15,16). The number of fused-ring (bicyclic) bond motifs is 1. The monoisotopic (exact) mass is 266 g/mol. The van der Waals surface area contributed by atoms with Gasteiger partial charge in [-0.25, -0.2) is 4.79 Å². The van der Waals surface area contributed by atoms with E-state index in [2.05, 4.69) is 15.5 Å². The van der Waals surface area contributed by atoms with E-state index in [4.69, 9.17) is 4.74 Å². The van der Waals surface area contributed by atoms with E-state index in [0.717, 1.165) is 17.1 Å². The molecule has 0 radical (unpaired) electrons. The Balaban J connectivity index is 2.27. The molecule has 1 aliphatic rings. The Bertz CT molecular complexity index is 499. The van der Waals surface area contributed by atoms with Crippen LogP contribution >= 0.6 is 0 Å². The zero-order valence-electron chi connectivity index (χ0n) is 12.4. The summed E-state index contributed by atoms with van der Waals surface area (Å²) in [6, 6.07) is 0. The van der Waals surface area contributed by atoms with Gasteiger partial charge >= 0.3 is 6.09 Å². The summed E-state index contributed by atoms with van der Waals surface area (Å²) in [5, 5.41) is 10.3. The second-order valence-electron chi connectivity index (χ2n) is 6.30. The van der Waals surface area contributed by atoms with Crippen LogP contribution < -0.4 is 5.32 Å². The highest BCUT2D eigenvalue weighted by Crippen LogP contribution is 2.40. The van der Waals surface area contributed by atoms with Crippen LogP contribution in [0.2, 0.25) is 0 Å². The van der Waals surface area contributed by atoms with Crippen LogP contribution in [0.1, 0.15) is 45.9 Å². The number of H-pyrrole nitrogens is 1. The number of hydrogen-bond donors (Lipinski definition) is 2. The van der Waals surface area contributed by atoms with E-state index in [1.165, 1.54) is 0 Å². The minimum absolute atomic E-state index is 0.302. The summed E-state index contributed by atoms with van der Waals surface area (Å²) in [4.78, 5) is 14.0. The fraction of sp³-hybridized carbons (Fsp3) is 0.692. The summed E-state index contributed by atoms with van der Waals surface area (Å²) < 4.78 is 5.46. The highest BCUT2D eigenvalue weighted by molar-refractivity contribution is 5.72. The van der Waals surface area contributed by atoms with Crippen molar-refractivity contribution in [3.63, 3.8) is 0 Å². The molecular formula is C13H22N4O2. The third-order valence-corrected chi connectivity index (χ3v) is 3.32. The fourth-order valence-corrected chi connectivity index (χ4v) is 2.33. The molecule has 0 atom stereocenters. The van der Waals surface area contributed by atoms with E-state index in [-0.39, 0.29) is 6.09 Å². The number of ether oxygens (including phenoxy) is 1. The van der Waals surface area contributed by atoms with Crippen molar-refractivity contribution in [1.29, 1.82) is 0 Å². The Kier molecular flexibility index (Phi) is 2.99. The SMILES string of the molecule is CNc1n[nH]c2c1CN(C(=O)OC(C)(C)C)C2(C)C. The number of nitrogens with zero attached hydrogens (tertiary/aromatic N) is 2. The lowest BCUT2D eigenvalue weighted by Gasteiger charge is -2.33. The summed E-state index contributed by atoms with van der Waals surface area (Å²) >= 11 is 0. The first-order valence-electron chi connectivity index (χ1n) is 6.43. The Morgan fingerprint density at radius 1 is 1.47 bits per heavy atom. The van der Waals surface area contributed by atoms with Crippen LogP contribution in [-0.2, 0) is 16.8 Å². The minimum atomic E-state index is -0.493. The van der Waals surface area contributed by atoms with Crippen molar-refractivity contribution in [2.24, 2.45) is 0 Å². The Labute approximate surface area is 113 Å². The number of carbonyl (C=O) groups is 1. The van der Waals surface area contributed by atoms with Crippen LogP contribution in [0.5, 0.6) is 0 Å². The molecule has 0 spiro atoms. The van der Waals surface area contributed by atoms with Crippen LogP contribution in [0, 0.1) is 0 Å². The first kappa shape index (κ1) is 13.7. The van der Waals surface area contributed by atoms with Gasteiger partial charge in [-0.15, -0.1) is 0 Å². The molecule has 2 N–H and O–H groups in total. The molecule has 0 unspecified atom stereocenters. The number of rotatable bonds is 1. The molecule has 2 heterocycles. The lowest BCUT2D eigenvalue weighted by molar-refractivity contribution is 0.00452. The number of aromatic nitrogens is 2. The van der Waals surface area contributed by atoms with Crippen molar-refractivity contribution in [1.82, 2.24) is 15.1 Å². The highest BCUT2D eigenvalue weighted by Gasteiger charge is 2.45. The molecule has 0 saturated heterocycles.